The fraction of sp³-hybridized carbons (Fsp3) is 0.143. The van der Waals surface area contributed by atoms with Crippen molar-refractivity contribution in [2.24, 2.45) is 7.05 Å². The Hall–Kier alpha value is -2.14. The van der Waals surface area contributed by atoms with Gasteiger partial charge in [-0.25, -0.2) is 4.98 Å². The van der Waals surface area contributed by atoms with Crippen molar-refractivity contribution in [1.82, 2.24) is 19.7 Å². The zero-order valence-corrected chi connectivity index (χ0v) is 13.1. The van der Waals surface area contributed by atoms with E-state index in [4.69, 9.17) is 16.7 Å². The van der Waals surface area contributed by atoms with E-state index in [0.29, 0.717) is 37.5 Å². The van der Waals surface area contributed by atoms with Crippen LogP contribution in [0.25, 0.3) is 10.9 Å². The summed E-state index contributed by atoms with van der Waals surface area (Å²) in [5, 5.41) is 28.8. The van der Waals surface area contributed by atoms with Crippen molar-refractivity contribution >= 4 is 34.3 Å². The van der Waals surface area contributed by atoms with Gasteiger partial charge in [0.2, 0.25) is 0 Å². The molecule has 0 radical (unpaired) electrons. The second kappa shape index (κ2) is 5.93. The number of hydrogen-bond donors (Lipinski definition) is 1. The van der Waals surface area contributed by atoms with Gasteiger partial charge in [0.25, 0.3) is 0 Å². The number of rotatable bonds is 3. The van der Waals surface area contributed by atoms with E-state index in [1.165, 1.54) is 11.8 Å². The van der Waals surface area contributed by atoms with E-state index in [1.54, 1.807) is 35.9 Å². The standard InChI is InChI=1S/C14H10ClN5OS/c1-20-12(7-21)18-19-14(20)22-13-4-8(6-16)10-5-9(15)2-3-11(10)17-13/h2-5,21H,7H2,1H3. The molecule has 0 spiro atoms. The first kappa shape index (κ1) is 14.8. The highest BCUT2D eigenvalue weighted by Gasteiger charge is 2.12. The van der Waals surface area contributed by atoms with E-state index < -0.39 is 0 Å². The van der Waals surface area contributed by atoms with Crippen molar-refractivity contribution in [2.75, 3.05) is 0 Å². The Labute approximate surface area is 135 Å². The molecule has 0 saturated heterocycles. The van der Waals surface area contributed by atoms with Crippen LogP contribution in [-0.2, 0) is 13.7 Å². The third kappa shape index (κ3) is 2.64. The minimum atomic E-state index is -0.183. The van der Waals surface area contributed by atoms with Crippen LogP contribution in [0.15, 0.2) is 34.4 Å². The summed E-state index contributed by atoms with van der Waals surface area (Å²) < 4.78 is 1.68. The maximum atomic E-state index is 9.32. The Bertz CT molecular complexity index is 902. The Balaban J connectivity index is 2.06. The van der Waals surface area contributed by atoms with Crippen LogP contribution in [0.4, 0.5) is 0 Å². The van der Waals surface area contributed by atoms with Crippen molar-refractivity contribution in [1.29, 1.82) is 5.26 Å². The summed E-state index contributed by atoms with van der Waals surface area (Å²) in [6.07, 6.45) is 0. The van der Waals surface area contributed by atoms with Crippen LogP contribution < -0.4 is 0 Å². The van der Waals surface area contributed by atoms with Crippen LogP contribution in [0.2, 0.25) is 5.02 Å². The van der Waals surface area contributed by atoms with Crippen LogP contribution in [0.5, 0.6) is 0 Å². The minimum absolute atomic E-state index is 0.183. The van der Waals surface area contributed by atoms with Crippen molar-refractivity contribution < 1.29 is 5.11 Å². The third-order valence-electron chi connectivity index (χ3n) is 3.13. The monoisotopic (exact) mass is 331 g/mol. The number of halogens is 1. The van der Waals surface area contributed by atoms with Gasteiger partial charge in [-0.2, -0.15) is 5.26 Å². The number of aliphatic hydroxyl groups excluding tert-OH is 1. The fourth-order valence-electron chi connectivity index (χ4n) is 1.98. The zero-order valence-electron chi connectivity index (χ0n) is 11.5. The number of hydrogen-bond acceptors (Lipinski definition) is 6. The molecule has 0 amide bonds. The average Bonchev–Trinajstić information content (AvgIpc) is 2.87. The molecule has 0 saturated carbocycles. The molecule has 6 nitrogen and oxygen atoms in total. The Morgan fingerprint density at radius 3 is 2.86 bits per heavy atom. The normalized spacial score (nSPS) is 10.8. The summed E-state index contributed by atoms with van der Waals surface area (Å²) in [5.74, 6) is 0.468. The highest BCUT2D eigenvalue weighted by molar-refractivity contribution is 7.99. The van der Waals surface area contributed by atoms with Crippen LogP contribution in [0.3, 0.4) is 0 Å². The predicted molar refractivity (Wildman–Crippen MR) is 82.5 cm³/mol. The Morgan fingerprint density at radius 2 is 2.18 bits per heavy atom. The third-order valence-corrected chi connectivity index (χ3v) is 4.32. The second-order valence-corrected chi connectivity index (χ2v) is 5.92. The first-order valence-electron chi connectivity index (χ1n) is 6.29. The molecule has 0 fully saturated rings. The minimum Gasteiger partial charge on any atom is -0.388 e. The quantitative estimate of drug-likeness (QED) is 0.793. The van der Waals surface area contributed by atoms with E-state index in [-0.39, 0.29) is 6.61 Å². The molecular weight excluding hydrogens is 322 g/mol. The first-order chi connectivity index (χ1) is 10.6. The fourth-order valence-corrected chi connectivity index (χ4v) is 2.99. The van der Waals surface area contributed by atoms with E-state index in [2.05, 4.69) is 21.3 Å². The Kier molecular flexibility index (Phi) is 3.98. The molecule has 0 aliphatic carbocycles. The van der Waals surface area contributed by atoms with Crippen LogP contribution in [0, 0.1) is 11.3 Å². The Morgan fingerprint density at radius 1 is 1.36 bits per heavy atom. The lowest BCUT2D eigenvalue weighted by Crippen LogP contribution is -1.98. The van der Waals surface area contributed by atoms with Gasteiger partial charge in [-0.05, 0) is 36.0 Å². The maximum Gasteiger partial charge on any atom is 0.197 e. The van der Waals surface area contributed by atoms with Gasteiger partial charge < -0.3 is 9.67 Å². The summed E-state index contributed by atoms with van der Waals surface area (Å²) in [6, 6.07) is 9.09. The molecule has 2 aromatic heterocycles. The maximum absolute atomic E-state index is 9.32. The molecule has 1 N–H and O–H groups in total. The molecule has 2 heterocycles. The molecule has 110 valence electrons. The van der Waals surface area contributed by atoms with Gasteiger partial charge >= 0.3 is 0 Å². The lowest BCUT2D eigenvalue weighted by molar-refractivity contribution is 0.266. The number of nitriles is 1. The number of nitrogens with zero attached hydrogens (tertiary/aromatic N) is 5. The smallest absolute Gasteiger partial charge is 0.197 e. The number of aromatic nitrogens is 4. The molecule has 0 aliphatic heterocycles. The van der Waals surface area contributed by atoms with Gasteiger partial charge in [0.1, 0.15) is 11.6 Å². The van der Waals surface area contributed by atoms with Gasteiger partial charge in [0.15, 0.2) is 11.0 Å². The molecule has 0 aliphatic rings. The summed E-state index contributed by atoms with van der Waals surface area (Å²) >= 11 is 7.25. The summed E-state index contributed by atoms with van der Waals surface area (Å²) in [6.45, 7) is -0.183. The summed E-state index contributed by atoms with van der Waals surface area (Å²) in [5.41, 5.74) is 1.19. The SMILES string of the molecule is Cn1c(CO)nnc1Sc1cc(C#N)c2cc(Cl)ccc2n1. The lowest BCUT2D eigenvalue weighted by Gasteiger charge is -2.05. The van der Waals surface area contributed by atoms with Gasteiger partial charge in [0, 0.05) is 17.5 Å². The molecule has 8 heteroatoms. The van der Waals surface area contributed by atoms with Crippen molar-refractivity contribution in [2.45, 2.75) is 16.8 Å². The van der Waals surface area contributed by atoms with Crippen LogP contribution in [-0.4, -0.2) is 24.9 Å². The van der Waals surface area contributed by atoms with Gasteiger partial charge in [-0.15, -0.1) is 10.2 Å². The lowest BCUT2D eigenvalue weighted by atomic mass is 10.1. The van der Waals surface area contributed by atoms with Crippen molar-refractivity contribution in [3.8, 4) is 6.07 Å². The number of benzene rings is 1. The molecule has 1 aromatic carbocycles. The number of fused-ring (bicyclic) bond motifs is 1. The van der Waals surface area contributed by atoms with Gasteiger partial charge in [-0.1, -0.05) is 11.6 Å². The zero-order chi connectivity index (χ0) is 15.7. The number of pyridine rings is 1. The molecular formula is C14H10ClN5OS. The largest absolute Gasteiger partial charge is 0.388 e. The summed E-state index contributed by atoms with van der Waals surface area (Å²) in [7, 11) is 1.76. The van der Waals surface area contributed by atoms with Crippen molar-refractivity contribution in [3.05, 3.63) is 40.7 Å². The second-order valence-electron chi connectivity index (χ2n) is 4.50. The molecule has 0 unspecified atom stereocenters. The summed E-state index contributed by atoms with van der Waals surface area (Å²) in [4.78, 5) is 4.51. The highest BCUT2D eigenvalue weighted by atomic mass is 35.5. The highest BCUT2D eigenvalue weighted by Crippen LogP contribution is 2.29. The van der Waals surface area contributed by atoms with Gasteiger partial charge in [0.05, 0.1) is 17.1 Å². The average molecular weight is 332 g/mol. The van der Waals surface area contributed by atoms with E-state index in [0.717, 1.165) is 0 Å². The molecule has 0 atom stereocenters. The predicted octanol–water partition coefficient (Wildman–Crippen LogP) is 2.53. The van der Waals surface area contributed by atoms with E-state index in [9.17, 15) is 5.26 Å². The van der Waals surface area contributed by atoms with E-state index in [1.807, 2.05) is 0 Å². The number of aliphatic hydroxyl groups is 1. The molecule has 0 bridgehead atoms. The molecule has 22 heavy (non-hydrogen) atoms. The van der Waals surface area contributed by atoms with Gasteiger partial charge in [-0.3, -0.25) is 0 Å². The molecule has 3 rings (SSSR count). The van der Waals surface area contributed by atoms with E-state index >= 15 is 0 Å². The van der Waals surface area contributed by atoms with Crippen LogP contribution in [0.1, 0.15) is 11.4 Å². The van der Waals surface area contributed by atoms with Crippen molar-refractivity contribution in [3.63, 3.8) is 0 Å². The molecule has 3 aromatic rings. The van der Waals surface area contributed by atoms with Crippen LogP contribution >= 0.6 is 23.4 Å². The topological polar surface area (TPSA) is 87.6 Å². The first-order valence-corrected chi connectivity index (χ1v) is 7.49.